The lowest BCUT2D eigenvalue weighted by Crippen LogP contribution is -2.24. The van der Waals surface area contributed by atoms with E-state index in [0.717, 1.165) is 24.3 Å². The van der Waals surface area contributed by atoms with Gasteiger partial charge in [0.05, 0.1) is 14.2 Å². The van der Waals surface area contributed by atoms with E-state index in [-0.39, 0.29) is 6.42 Å². The van der Waals surface area contributed by atoms with Gasteiger partial charge in [0.15, 0.2) is 11.5 Å². The number of rotatable bonds is 5. The molecule has 4 nitrogen and oxygen atoms in total. The standard InChI is InChI=1S/C14H18O4/c1-17-12-4-3-10(8-13(12)18-2)11-5-9(6-11)7-14(15)16/h3-4,8-9,11H,5-7H2,1-2H3,(H,15,16). The van der Waals surface area contributed by atoms with Crippen LogP contribution in [-0.4, -0.2) is 25.3 Å². The number of carboxylic acid groups (broad SMARTS) is 1. The van der Waals surface area contributed by atoms with E-state index in [4.69, 9.17) is 14.6 Å². The molecule has 0 amide bonds. The van der Waals surface area contributed by atoms with Crippen molar-refractivity contribution in [3.8, 4) is 11.5 Å². The molecule has 18 heavy (non-hydrogen) atoms. The van der Waals surface area contributed by atoms with Gasteiger partial charge in [-0.1, -0.05) is 6.07 Å². The number of hydrogen-bond acceptors (Lipinski definition) is 3. The molecular weight excluding hydrogens is 232 g/mol. The van der Waals surface area contributed by atoms with Crippen LogP contribution in [0.2, 0.25) is 0 Å². The Bertz CT molecular complexity index is 435. The average Bonchev–Trinajstić information content (AvgIpc) is 2.32. The number of ether oxygens (including phenoxy) is 2. The van der Waals surface area contributed by atoms with Gasteiger partial charge >= 0.3 is 5.97 Å². The van der Waals surface area contributed by atoms with Crippen LogP contribution in [0.25, 0.3) is 0 Å². The van der Waals surface area contributed by atoms with Crippen molar-refractivity contribution in [2.75, 3.05) is 14.2 Å². The Morgan fingerprint density at radius 2 is 1.94 bits per heavy atom. The normalized spacial score (nSPS) is 22.1. The zero-order valence-corrected chi connectivity index (χ0v) is 10.7. The second kappa shape index (κ2) is 5.29. The second-order valence-electron chi connectivity index (χ2n) is 4.75. The maximum Gasteiger partial charge on any atom is 0.303 e. The Kier molecular flexibility index (Phi) is 3.75. The van der Waals surface area contributed by atoms with Gasteiger partial charge in [-0.05, 0) is 42.4 Å². The molecule has 0 radical (unpaired) electrons. The monoisotopic (exact) mass is 250 g/mol. The third kappa shape index (κ3) is 2.58. The molecule has 0 heterocycles. The minimum atomic E-state index is -0.703. The minimum Gasteiger partial charge on any atom is -0.493 e. The first-order valence-electron chi connectivity index (χ1n) is 6.07. The summed E-state index contributed by atoms with van der Waals surface area (Å²) in [4.78, 5) is 10.6. The molecule has 1 aliphatic carbocycles. The van der Waals surface area contributed by atoms with Crippen molar-refractivity contribution in [1.29, 1.82) is 0 Å². The summed E-state index contributed by atoms with van der Waals surface area (Å²) in [5.74, 6) is 1.53. The van der Waals surface area contributed by atoms with Crippen LogP contribution in [0.4, 0.5) is 0 Å². The third-order valence-corrected chi connectivity index (χ3v) is 3.58. The van der Waals surface area contributed by atoms with Crippen LogP contribution < -0.4 is 9.47 Å². The summed E-state index contributed by atoms with van der Waals surface area (Å²) in [5, 5.41) is 8.72. The zero-order chi connectivity index (χ0) is 13.1. The fourth-order valence-corrected chi connectivity index (χ4v) is 2.53. The van der Waals surface area contributed by atoms with Crippen LogP contribution in [-0.2, 0) is 4.79 Å². The molecule has 0 saturated heterocycles. The average molecular weight is 250 g/mol. The van der Waals surface area contributed by atoms with Gasteiger partial charge in [-0.15, -0.1) is 0 Å². The minimum absolute atomic E-state index is 0.282. The molecule has 0 unspecified atom stereocenters. The molecule has 0 bridgehead atoms. The van der Waals surface area contributed by atoms with E-state index < -0.39 is 5.97 Å². The molecule has 98 valence electrons. The van der Waals surface area contributed by atoms with Crippen LogP contribution in [0.5, 0.6) is 11.5 Å². The molecule has 0 aromatic heterocycles. The highest BCUT2D eigenvalue weighted by molar-refractivity contribution is 5.67. The molecule has 0 spiro atoms. The van der Waals surface area contributed by atoms with Crippen molar-refractivity contribution in [3.05, 3.63) is 23.8 Å². The van der Waals surface area contributed by atoms with E-state index in [1.54, 1.807) is 14.2 Å². The number of carbonyl (C=O) groups is 1. The Morgan fingerprint density at radius 3 is 2.50 bits per heavy atom. The van der Waals surface area contributed by atoms with Crippen LogP contribution in [0.3, 0.4) is 0 Å². The van der Waals surface area contributed by atoms with Gasteiger partial charge in [0.1, 0.15) is 0 Å². The number of methoxy groups -OCH3 is 2. The molecule has 0 atom stereocenters. The van der Waals surface area contributed by atoms with Crippen molar-refractivity contribution in [1.82, 2.24) is 0 Å². The van der Waals surface area contributed by atoms with Crippen molar-refractivity contribution < 1.29 is 19.4 Å². The lowest BCUT2D eigenvalue weighted by molar-refractivity contribution is -0.138. The summed E-state index contributed by atoms with van der Waals surface area (Å²) in [6, 6.07) is 5.92. The molecule has 1 N–H and O–H groups in total. The Labute approximate surface area is 107 Å². The van der Waals surface area contributed by atoms with Gasteiger partial charge in [-0.2, -0.15) is 0 Å². The zero-order valence-electron chi connectivity index (χ0n) is 10.7. The molecule has 1 aromatic carbocycles. The number of carboxylic acids is 1. The summed E-state index contributed by atoms with van der Waals surface area (Å²) in [7, 11) is 3.24. The molecular formula is C14H18O4. The second-order valence-corrected chi connectivity index (χ2v) is 4.75. The van der Waals surface area contributed by atoms with Gasteiger partial charge in [0.2, 0.25) is 0 Å². The van der Waals surface area contributed by atoms with E-state index >= 15 is 0 Å². The Balaban J connectivity index is 2.01. The van der Waals surface area contributed by atoms with Crippen LogP contribution >= 0.6 is 0 Å². The van der Waals surface area contributed by atoms with E-state index in [1.165, 1.54) is 5.56 Å². The first-order chi connectivity index (χ1) is 8.63. The first kappa shape index (κ1) is 12.7. The van der Waals surface area contributed by atoms with Crippen molar-refractivity contribution in [3.63, 3.8) is 0 Å². The summed E-state index contributed by atoms with van der Waals surface area (Å²) >= 11 is 0. The summed E-state index contributed by atoms with van der Waals surface area (Å²) in [6.07, 6.45) is 2.17. The smallest absolute Gasteiger partial charge is 0.303 e. The Hall–Kier alpha value is -1.71. The highest BCUT2D eigenvalue weighted by Crippen LogP contribution is 2.45. The molecule has 0 aliphatic heterocycles. The molecule has 1 fully saturated rings. The highest BCUT2D eigenvalue weighted by atomic mass is 16.5. The molecule has 2 rings (SSSR count). The van der Waals surface area contributed by atoms with E-state index in [9.17, 15) is 4.79 Å². The van der Waals surface area contributed by atoms with Crippen LogP contribution in [0.1, 0.15) is 30.7 Å². The summed E-state index contributed by atoms with van der Waals surface area (Å²) in [6.45, 7) is 0. The lowest BCUT2D eigenvalue weighted by atomic mass is 9.70. The molecule has 1 saturated carbocycles. The number of hydrogen-bond donors (Lipinski definition) is 1. The van der Waals surface area contributed by atoms with Gasteiger partial charge in [-0.3, -0.25) is 4.79 Å². The fraction of sp³-hybridized carbons (Fsp3) is 0.500. The van der Waals surface area contributed by atoms with Crippen molar-refractivity contribution in [2.24, 2.45) is 5.92 Å². The summed E-state index contributed by atoms with van der Waals surface area (Å²) < 4.78 is 10.5. The van der Waals surface area contributed by atoms with Gasteiger partial charge in [0, 0.05) is 6.42 Å². The molecule has 1 aliphatic rings. The van der Waals surface area contributed by atoms with E-state index in [0.29, 0.717) is 11.8 Å². The molecule has 4 heteroatoms. The van der Waals surface area contributed by atoms with Gasteiger partial charge in [-0.25, -0.2) is 0 Å². The maximum absolute atomic E-state index is 10.6. The maximum atomic E-state index is 10.6. The summed E-state index contributed by atoms with van der Waals surface area (Å²) in [5.41, 5.74) is 1.20. The van der Waals surface area contributed by atoms with E-state index in [1.807, 2.05) is 18.2 Å². The van der Waals surface area contributed by atoms with Crippen molar-refractivity contribution >= 4 is 5.97 Å². The number of aliphatic carboxylic acids is 1. The quantitative estimate of drug-likeness (QED) is 0.872. The lowest BCUT2D eigenvalue weighted by Gasteiger charge is -2.35. The predicted octanol–water partition coefficient (Wildman–Crippen LogP) is 2.67. The predicted molar refractivity (Wildman–Crippen MR) is 67.3 cm³/mol. The van der Waals surface area contributed by atoms with Crippen molar-refractivity contribution in [2.45, 2.75) is 25.2 Å². The van der Waals surface area contributed by atoms with Gasteiger partial charge in [0.25, 0.3) is 0 Å². The highest BCUT2D eigenvalue weighted by Gasteiger charge is 2.32. The third-order valence-electron chi connectivity index (χ3n) is 3.58. The van der Waals surface area contributed by atoms with Gasteiger partial charge < -0.3 is 14.6 Å². The van der Waals surface area contributed by atoms with E-state index in [2.05, 4.69) is 0 Å². The topological polar surface area (TPSA) is 55.8 Å². The van der Waals surface area contributed by atoms with Crippen LogP contribution in [0, 0.1) is 5.92 Å². The molecule has 1 aromatic rings. The fourth-order valence-electron chi connectivity index (χ4n) is 2.53. The SMILES string of the molecule is COc1ccc(C2CC(CC(=O)O)C2)cc1OC. The first-order valence-corrected chi connectivity index (χ1v) is 6.07. The number of benzene rings is 1. The largest absolute Gasteiger partial charge is 0.493 e. The Morgan fingerprint density at radius 1 is 1.28 bits per heavy atom. The van der Waals surface area contributed by atoms with Crippen LogP contribution in [0.15, 0.2) is 18.2 Å².